The molecule has 0 bridgehead atoms. The van der Waals surface area contributed by atoms with Crippen LogP contribution in [-0.2, 0) is 10.0 Å². The summed E-state index contributed by atoms with van der Waals surface area (Å²) in [5, 5.41) is 8.57. The van der Waals surface area contributed by atoms with Crippen molar-refractivity contribution in [3.05, 3.63) is 25.3 Å². The summed E-state index contributed by atoms with van der Waals surface area (Å²) in [4.78, 5) is 0. The van der Waals surface area contributed by atoms with E-state index in [1.807, 2.05) is 0 Å². The van der Waals surface area contributed by atoms with Crippen molar-refractivity contribution in [3.8, 4) is 0 Å². The third kappa shape index (κ3) is 5.71. The normalized spacial score (nSPS) is 11.6. The molecule has 0 saturated heterocycles. The highest BCUT2D eigenvalue weighted by Gasteiger charge is 2.18. The molecule has 0 amide bonds. The second-order valence-electron chi connectivity index (χ2n) is 3.14. The number of rotatable bonds is 9. The van der Waals surface area contributed by atoms with Gasteiger partial charge in [0, 0.05) is 19.7 Å². The van der Waals surface area contributed by atoms with Crippen LogP contribution in [0.4, 0.5) is 0 Å². The van der Waals surface area contributed by atoms with Gasteiger partial charge in [0.15, 0.2) is 0 Å². The first kappa shape index (κ1) is 14.3. The van der Waals surface area contributed by atoms with Gasteiger partial charge in [-0.2, -0.15) is 4.31 Å². The van der Waals surface area contributed by atoms with Crippen LogP contribution in [-0.4, -0.2) is 43.3 Å². The maximum Gasteiger partial charge on any atom is 0.214 e. The number of nitrogens with zero attached hydrogens (tertiary/aromatic N) is 1. The molecule has 88 valence electrons. The molecule has 1 N–H and O–H groups in total. The van der Waals surface area contributed by atoms with Gasteiger partial charge in [0.25, 0.3) is 0 Å². The van der Waals surface area contributed by atoms with Crippen LogP contribution in [0.5, 0.6) is 0 Å². The summed E-state index contributed by atoms with van der Waals surface area (Å²) in [6, 6.07) is 0. The molecular weight excluding hydrogens is 214 g/mol. The molecular formula is C10H19NO3S. The summed E-state index contributed by atoms with van der Waals surface area (Å²) in [6.07, 6.45) is 4.08. The topological polar surface area (TPSA) is 57.6 Å². The van der Waals surface area contributed by atoms with Crippen molar-refractivity contribution in [1.82, 2.24) is 4.31 Å². The van der Waals surface area contributed by atoms with E-state index in [1.54, 1.807) is 12.2 Å². The van der Waals surface area contributed by atoms with E-state index in [0.29, 0.717) is 25.9 Å². The summed E-state index contributed by atoms with van der Waals surface area (Å²) in [7, 11) is -3.24. The monoisotopic (exact) mass is 233 g/mol. The predicted molar refractivity (Wildman–Crippen MR) is 62.1 cm³/mol. The third-order valence-corrected chi connectivity index (χ3v) is 3.76. The van der Waals surface area contributed by atoms with Gasteiger partial charge in [-0.05, 0) is 12.8 Å². The minimum Gasteiger partial charge on any atom is -0.396 e. The molecule has 0 atom stereocenters. The van der Waals surface area contributed by atoms with E-state index in [-0.39, 0.29) is 12.4 Å². The molecule has 0 spiro atoms. The van der Waals surface area contributed by atoms with Crippen LogP contribution >= 0.6 is 0 Å². The molecule has 0 fully saturated rings. The molecule has 0 saturated carbocycles. The molecule has 5 heteroatoms. The number of aliphatic hydroxyl groups is 1. The second kappa shape index (κ2) is 7.62. The van der Waals surface area contributed by atoms with Crippen LogP contribution in [0.1, 0.15) is 12.8 Å². The van der Waals surface area contributed by atoms with Crippen molar-refractivity contribution in [2.75, 3.05) is 25.4 Å². The van der Waals surface area contributed by atoms with Gasteiger partial charge >= 0.3 is 0 Å². The van der Waals surface area contributed by atoms with Crippen molar-refractivity contribution in [2.45, 2.75) is 12.8 Å². The molecule has 0 aliphatic rings. The van der Waals surface area contributed by atoms with Crippen molar-refractivity contribution < 1.29 is 13.5 Å². The van der Waals surface area contributed by atoms with E-state index in [1.165, 1.54) is 4.31 Å². The Balaban J connectivity index is 4.34. The fraction of sp³-hybridized carbons (Fsp3) is 0.600. The van der Waals surface area contributed by atoms with Crippen LogP contribution in [0.2, 0.25) is 0 Å². The van der Waals surface area contributed by atoms with Crippen molar-refractivity contribution in [1.29, 1.82) is 0 Å². The maximum absolute atomic E-state index is 11.7. The average Bonchev–Trinajstić information content (AvgIpc) is 2.18. The number of unbranched alkanes of at least 4 members (excludes halogenated alkanes) is 1. The van der Waals surface area contributed by atoms with Crippen molar-refractivity contribution in [2.24, 2.45) is 0 Å². The molecule has 0 aromatic carbocycles. The number of sulfonamides is 1. The van der Waals surface area contributed by atoms with E-state index >= 15 is 0 Å². The molecule has 0 aliphatic carbocycles. The van der Waals surface area contributed by atoms with E-state index in [2.05, 4.69) is 13.2 Å². The quantitative estimate of drug-likeness (QED) is 0.472. The molecule has 0 aliphatic heterocycles. The standard InChI is InChI=1S/C10H19NO3S/c1-3-7-11(8-4-2)15(13,14)10-6-5-9-12/h3-4,12H,1-2,5-10H2. The van der Waals surface area contributed by atoms with Gasteiger partial charge < -0.3 is 5.11 Å². The molecule has 0 radical (unpaired) electrons. The Morgan fingerprint density at radius 2 is 1.67 bits per heavy atom. The van der Waals surface area contributed by atoms with E-state index in [4.69, 9.17) is 5.11 Å². The fourth-order valence-electron chi connectivity index (χ4n) is 1.12. The molecule has 0 rings (SSSR count). The van der Waals surface area contributed by atoms with Crippen LogP contribution in [0, 0.1) is 0 Å². The predicted octanol–water partition coefficient (Wildman–Crippen LogP) is 0.763. The van der Waals surface area contributed by atoms with Crippen LogP contribution in [0.15, 0.2) is 25.3 Å². The van der Waals surface area contributed by atoms with Gasteiger partial charge in [-0.25, -0.2) is 8.42 Å². The molecule has 0 aromatic heterocycles. The SMILES string of the molecule is C=CCN(CC=C)S(=O)(=O)CCCCO. The van der Waals surface area contributed by atoms with Gasteiger partial charge in [-0.3, -0.25) is 0 Å². The first-order valence-electron chi connectivity index (χ1n) is 4.89. The summed E-state index contributed by atoms with van der Waals surface area (Å²) < 4.78 is 24.8. The third-order valence-electron chi connectivity index (χ3n) is 1.87. The number of hydrogen-bond acceptors (Lipinski definition) is 3. The molecule has 0 aromatic rings. The lowest BCUT2D eigenvalue weighted by Crippen LogP contribution is -2.33. The summed E-state index contributed by atoms with van der Waals surface area (Å²) in [5.74, 6) is 0.0647. The molecule has 4 nitrogen and oxygen atoms in total. The highest BCUT2D eigenvalue weighted by Crippen LogP contribution is 2.05. The Hall–Kier alpha value is -0.650. The zero-order valence-corrected chi connectivity index (χ0v) is 9.75. The number of aliphatic hydroxyl groups excluding tert-OH is 1. The zero-order valence-electron chi connectivity index (χ0n) is 8.93. The summed E-state index contributed by atoms with van der Waals surface area (Å²) in [5.41, 5.74) is 0. The Morgan fingerprint density at radius 1 is 1.13 bits per heavy atom. The molecule has 15 heavy (non-hydrogen) atoms. The second-order valence-corrected chi connectivity index (χ2v) is 5.23. The van der Waals surface area contributed by atoms with Crippen LogP contribution in [0.25, 0.3) is 0 Å². The summed E-state index contributed by atoms with van der Waals surface area (Å²) >= 11 is 0. The molecule has 0 unspecified atom stereocenters. The van der Waals surface area contributed by atoms with E-state index in [9.17, 15) is 8.42 Å². The fourth-order valence-corrected chi connectivity index (χ4v) is 2.61. The first-order valence-corrected chi connectivity index (χ1v) is 6.50. The average molecular weight is 233 g/mol. The lowest BCUT2D eigenvalue weighted by Gasteiger charge is -2.18. The largest absolute Gasteiger partial charge is 0.396 e. The zero-order chi connectivity index (χ0) is 11.7. The van der Waals surface area contributed by atoms with Gasteiger partial charge in [-0.15, -0.1) is 13.2 Å². The van der Waals surface area contributed by atoms with E-state index in [0.717, 1.165) is 0 Å². The Bertz CT molecular complexity index is 275. The highest BCUT2D eigenvalue weighted by molar-refractivity contribution is 7.89. The smallest absolute Gasteiger partial charge is 0.214 e. The van der Waals surface area contributed by atoms with Crippen LogP contribution < -0.4 is 0 Å². The van der Waals surface area contributed by atoms with Crippen molar-refractivity contribution in [3.63, 3.8) is 0 Å². The first-order chi connectivity index (χ1) is 7.08. The van der Waals surface area contributed by atoms with Gasteiger partial charge in [0.05, 0.1) is 5.75 Å². The Kier molecular flexibility index (Phi) is 7.29. The van der Waals surface area contributed by atoms with Crippen LogP contribution in [0.3, 0.4) is 0 Å². The van der Waals surface area contributed by atoms with E-state index < -0.39 is 10.0 Å². The Morgan fingerprint density at radius 3 is 2.07 bits per heavy atom. The van der Waals surface area contributed by atoms with Gasteiger partial charge in [0.2, 0.25) is 10.0 Å². The van der Waals surface area contributed by atoms with Gasteiger partial charge in [-0.1, -0.05) is 12.2 Å². The lowest BCUT2D eigenvalue weighted by atomic mass is 10.4. The highest BCUT2D eigenvalue weighted by atomic mass is 32.2. The number of hydrogen-bond donors (Lipinski definition) is 1. The van der Waals surface area contributed by atoms with Crippen molar-refractivity contribution >= 4 is 10.0 Å². The summed E-state index contributed by atoms with van der Waals surface area (Å²) in [6.45, 7) is 7.65. The maximum atomic E-state index is 11.7. The Labute approximate surface area is 92.0 Å². The molecule has 0 heterocycles. The minimum atomic E-state index is -3.24. The minimum absolute atomic E-state index is 0.0262. The lowest BCUT2D eigenvalue weighted by molar-refractivity contribution is 0.287. The van der Waals surface area contributed by atoms with Gasteiger partial charge in [0.1, 0.15) is 0 Å².